The van der Waals surface area contributed by atoms with Gasteiger partial charge in [-0.15, -0.1) is 0 Å². The molecule has 0 aliphatic rings. The number of para-hydroxylation sites is 1. The number of aromatic amines is 1. The number of benzene rings is 2. The molecule has 0 radical (unpaired) electrons. The number of carbonyl (C=O) groups excluding carboxylic acids is 2. The van der Waals surface area contributed by atoms with Crippen LogP contribution >= 0.6 is 11.6 Å². The van der Waals surface area contributed by atoms with E-state index >= 15 is 0 Å². The van der Waals surface area contributed by atoms with E-state index in [0.717, 1.165) is 11.5 Å². The maximum atomic E-state index is 14.4. The molecule has 166 valence electrons. The highest BCUT2D eigenvalue weighted by atomic mass is 35.5. The Kier molecular flexibility index (Phi) is 6.37. The van der Waals surface area contributed by atoms with Crippen LogP contribution in [-0.4, -0.2) is 28.9 Å². The van der Waals surface area contributed by atoms with Gasteiger partial charge in [-0.3, -0.25) is 9.59 Å². The van der Waals surface area contributed by atoms with E-state index in [2.05, 4.69) is 20.6 Å². The van der Waals surface area contributed by atoms with E-state index in [4.69, 9.17) is 16.3 Å². The Hall–Kier alpha value is -4.17. The minimum absolute atomic E-state index is 0.00348. The quantitative estimate of drug-likeness (QED) is 0.339. The zero-order chi connectivity index (χ0) is 23.4. The fourth-order valence-corrected chi connectivity index (χ4v) is 3.41. The summed E-state index contributed by atoms with van der Waals surface area (Å²) in [5, 5.41) is 5.82. The fraction of sp³-hybridized carbons (Fsp3) is 0.0417. The van der Waals surface area contributed by atoms with Crippen molar-refractivity contribution in [3.63, 3.8) is 0 Å². The highest BCUT2D eigenvalue weighted by Crippen LogP contribution is 2.26. The summed E-state index contributed by atoms with van der Waals surface area (Å²) >= 11 is 6.09. The Labute approximate surface area is 193 Å². The molecule has 2 aromatic carbocycles. The van der Waals surface area contributed by atoms with Gasteiger partial charge in [-0.25, -0.2) is 9.37 Å². The number of aromatic nitrogens is 2. The molecule has 0 aliphatic carbocycles. The molecular formula is C24H18ClFN4O3. The van der Waals surface area contributed by atoms with Crippen LogP contribution in [0.5, 0.6) is 5.75 Å². The van der Waals surface area contributed by atoms with Gasteiger partial charge < -0.3 is 20.4 Å². The Morgan fingerprint density at radius 1 is 1.15 bits per heavy atom. The van der Waals surface area contributed by atoms with Crippen LogP contribution in [-0.2, 0) is 4.79 Å². The van der Waals surface area contributed by atoms with Gasteiger partial charge in [0, 0.05) is 23.2 Å². The smallest absolute Gasteiger partial charge is 0.257 e. The Morgan fingerprint density at radius 2 is 1.97 bits per heavy atom. The van der Waals surface area contributed by atoms with Crippen molar-refractivity contribution >= 4 is 51.9 Å². The van der Waals surface area contributed by atoms with E-state index in [9.17, 15) is 14.0 Å². The van der Waals surface area contributed by atoms with Gasteiger partial charge in [-0.05, 0) is 36.4 Å². The summed E-state index contributed by atoms with van der Waals surface area (Å²) in [5.74, 6) is -1.34. The second-order valence-electron chi connectivity index (χ2n) is 6.97. The number of ether oxygens (including phenoxy) is 1. The van der Waals surface area contributed by atoms with Crippen LogP contribution in [0.4, 0.5) is 15.8 Å². The molecule has 0 atom stereocenters. The van der Waals surface area contributed by atoms with Gasteiger partial charge in [0.05, 0.1) is 35.3 Å². The predicted octanol–water partition coefficient (Wildman–Crippen LogP) is 5.27. The average Bonchev–Trinajstić information content (AvgIpc) is 3.27. The summed E-state index contributed by atoms with van der Waals surface area (Å²) in [5.41, 5.74) is 1.62. The van der Waals surface area contributed by atoms with Gasteiger partial charge in [0.2, 0.25) is 5.91 Å². The third-order valence-electron chi connectivity index (χ3n) is 4.77. The van der Waals surface area contributed by atoms with Gasteiger partial charge >= 0.3 is 0 Å². The maximum Gasteiger partial charge on any atom is 0.257 e. The molecule has 0 fully saturated rings. The van der Waals surface area contributed by atoms with Crippen molar-refractivity contribution in [1.82, 2.24) is 9.97 Å². The highest BCUT2D eigenvalue weighted by molar-refractivity contribution is 6.34. The number of fused-ring (bicyclic) bond motifs is 1. The van der Waals surface area contributed by atoms with E-state index in [0.29, 0.717) is 22.6 Å². The lowest BCUT2D eigenvalue weighted by Crippen LogP contribution is -2.15. The predicted molar refractivity (Wildman–Crippen MR) is 126 cm³/mol. The van der Waals surface area contributed by atoms with Gasteiger partial charge in [0.15, 0.2) is 0 Å². The van der Waals surface area contributed by atoms with E-state index < -0.39 is 17.6 Å². The van der Waals surface area contributed by atoms with Gasteiger partial charge in [0.1, 0.15) is 17.2 Å². The third-order valence-corrected chi connectivity index (χ3v) is 5.08. The number of pyridine rings is 1. The molecule has 4 aromatic rings. The highest BCUT2D eigenvalue weighted by Gasteiger charge is 2.17. The normalized spacial score (nSPS) is 11.0. The molecule has 0 bridgehead atoms. The van der Waals surface area contributed by atoms with Crippen molar-refractivity contribution in [3.8, 4) is 5.75 Å². The minimum Gasteiger partial charge on any atom is -0.496 e. The first-order valence-electron chi connectivity index (χ1n) is 9.80. The molecule has 2 amide bonds. The molecule has 0 saturated heterocycles. The molecule has 0 spiro atoms. The molecular weight excluding hydrogens is 447 g/mol. The summed E-state index contributed by atoms with van der Waals surface area (Å²) in [6.07, 6.45) is 6.00. The molecule has 2 aromatic heterocycles. The van der Waals surface area contributed by atoms with Crippen molar-refractivity contribution in [2.45, 2.75) is 0 Å². The number of carbonyl (C=O) groups is 2. The number of halogens is 2. The number of hydrogen-bond acceptors (Lipinski definition) is 4. The number of methoxy groups -OCH3 is 1. The van der Waals surface area contributed by atoms with E-state index in [1.54, 1.807) is 42.6 Å². The molecule has 2 heterocycles. The Morgan fingerprint density at radius 3 is 2.79 bits per heavy atom. The van der Waals surface area contributed by atoms with E-state index in [1.165, 1.54) is 25.4 Å². The molecule has 33 heavy (non-hydrogen) atoms. The standard InChI is InChI=1S/C24H18ClFN4O3/c1-33-21-5-3-2-4-14(21)6-7-22(31)30-20-11-17(18(25)12-19(20)26)24(32)29-16-10-15-8-9-27-23(15)28-13-16/h2-13H,1H3,(H,27,28)(H,29,32)(H,30,31). The first-order valence-corrected chi connectivity index (χ1v) is 10.2. The van der Waals surface area contributed by atoms with Crippen molar-refractivity contribution in [2.75, 3.05) is 17.7 Å². The van der Waals surface area contributed by atoms with E-state index in [-0.39, 0.29) is 16.3 Å². The van der Waals surface area contributed by atoms with Crippen LogP contribution in [0.1, 0.15) is 15.9 Å². The monoisotopic (exact) mass is 464 g/mol. The molecule has 9 heteroatoms. The number of H-pyrrole nitrogens is 1. The number of hydrogen-bond donors (Lipinski definition) is 3. The van der Waals surface area contributed by atoms with Crippen molar-refractivity contribution in [3.05, 3.63) is 89.0 Å². The van der Waals surface area contributed by atoms with Crippen LogP contribution < -0.4 is 15.4 Å². The Bertz CT molecular complexity index is 1380. The summed E-state index contributed by atoms with van der Waals surface area (Å²) in [6.45, 7) is 0. The maximum absolute atomic E-state index is 14.4. The lowest BCUT2D eigenvalue weighted by atomic mass is 10.1. The third kappa shape index (κ3) is 5.02. The van der Waals surface area contributed by atoms with Crippen LogP contribution in [0, 0.1) is 5.82 Å². The zero-order valence-electron chi connectivity index (χ0n) is 17.4. The summed E-state index contributed by atoms with van der Waals surface area (Å²) < 4.78 is 19.6. The van der Waals surface area contributed by atoms with Crippen LogP contribution in [0.25, 0.3) is 17.1 Å². The Balaban J connectivity index is 1.51. The lowest BCUT2D eigenvalue weighted by Gasteiger charge is -2.10. The van der Waals surface area contributed by atoms with E-state index in [1.807, 2.05) is 6.07 Å². The van der Waals surface area contributed by atoms with Crippen LogP contribution in [0.2, 0.25) is 5.02 Å². The second-order valence-corrected chi connectivity index (χ2v) is 7.38. The molecule has 0 unspecified atom stereocenters. The summed E-state index contributed by atoms with van der Waals surface area (Å²) in [4.78, 5) is 32.3. The summed E-state index contributed by atoms with van der Waals surface area (Å²) in [6, 6.07) is 12.8. The molecule has 0 aliphatic heterocycles. The first kappa shape index (κ1) is 22.0. The molecule has 4 rings (SSSR count). The van der Waals surface area contributed by atoms with Gasteiger partial charge in [-0.1, -0.05) is 29.8 Å². The first-order chi connectivity index (χ1) is 15.9. The number of anilines is 2. The fourth-order valence-electron chi connectivity index (χ4n) is 3.17. The van der Waals surface area contributed by atoms with Crippen LogP contribution in [0.15, 0.2) is 67.0 Å². The topological polar surface area (TPSA) is 96.1 Å². The molecule has 3 N–H and O–H groups in total. The lowest BCUT2D eigenvalue weighted by molar-refractivity contribution is -0.111. The molecule has 7 nitrogen and oxygen atoms in total. The van der Waals surface area contributed by atoms with Gasteiger partial charge in [-0.2, -0.15) is 0 Å². The van der Waals surface area contributed by atoms with Crippen molar-refractivity contribution < 1.29 is 18.7 Å². The largest absolute Gasteiger partial charge is 0.496 e. The second kappa shape index (κ2) is 9.54. The van der Waals surface area contributed by atoms with Crippen LogP contribution in [0.3, 0.4) is 0 Å². The molecule has 0 saturated carbocycles. The van der Waals surface area contributed by atoms with Crippen molar-refractivity contribution in [1.29, 1.82) is 0 Å². The number of amides is 2. The van der Waals surface area contributed by atoms with Gasteiger partial charge in [0.25, 0.3) is 5.91 Å². The number of nitrogens with one attached hydrogen (secondary N) is 3. The zero-order valence-corrected chi connectivity index (χ0v) is 18.1. The average molecular weight is 465 g/mol. The number of nitrogens with zero attached hydrogens (tertiary/aromatic N) is 1. The SMILES string of the molecule is COc1ccccc1C=CC(=O)Nc1cc(C(=O)Nc2cnc3[nH]ccc3c2)c(Cl)cc1F. The summed E-state index contributed by atoms with van der Waals surface area (Å²) in [7, 11) is 1.52. The number of rotatable bonds is 6. The minimum atomic E-state index is -0.772. The van der Waals surface area contributed by atoms with Crippen molar-refractivity contribution in [2.24, 2.45) is 0 Å².